The third-order valence-corrected chi connectivity index (χ3v) is 4.25. The van der Waals surface area contributed by atoms with E-state index in [4.69, 9.17) is 0 Å². The maximum Gasteiger partial charge on any atom is 0.227 e. The normalized spacial score (nSPS) is 13.0. The number of ketones is 1. The molecule has 0 saturated heterocycles. The number of nitrogens with zero attached hydrogens (tertiary/aromatic N) is 1. The second kappa shape index (κ2) is 6.32. The molecule has 0 unspecified atom stereocenters. The van der Waals surface area contributed by atoms with E-state index in [0.29, 0.717) is 24.1 Å². The van der Waals surface area contributed by atoms with Gasteiger partial charge in [0.2, 0.25) is 5.91 Å². The summed E-state index contributed by atoms with van der Waals surface area (Å²) in [5.41, 5.74) is 3.13. The van der Waals surface area contributed by atoms with Crippen LogP contribution < -0.4 is 4.90 Å². The number of amides is 1. The summed E-state index contributed by atoms with van der Waals surface area (Å²) in [5.74, 6) is -0.257. The van der Waals surface area contributed by atoms with Crippen LogP contribution >= 0.6 is 0 Å². The first kappa shape index (κ1) is 15.4. The summed E-state index contributed by atoms with van der Waals surface area (Å²) in [6.45, 7) is 2.15. The van der Waals surface area contributed by atoms with Gasteiger partial charge in [0.25, 0.3) is 0 Å². The molecule has 0 N–H and O–H groups in total. The molecule has 1 heterocycles. The quantitative estimate of drug-likeness (QED) is 0.810. The zero-order chi connectivity index (χ0) is 16.4. The number of halogens is 1. The van der Waals surface area contributed by atoms with Crippen LogP contribution in [0.1, 0.15) is 34.8 Å². The lowest BCUT2D eigenvalue weighted by atomic mass is 10.1. The van der Waals surface area contributed by atoms with E-state index in [9.17, 15) is 14.0 Å². The van der Waals surface area contributed by atoms with Gasteiger partial charge >= 0.3 is 0 Å². The minimum Gasteiger partial charge on any atom is -0.312 e. The molecule has 118 valence electrons. The van der Waals surface area contributed by atoms with Crippen LogP contribution in [0.5, 0.6) is 0 Å². The molecule has 2 aromatic carbocycles. The summed E-state index contributed by atoms with van der Waals surface area (Å²) in [7, 11) is 0. The molecule has 2 aromatic rings. The zero-order valence-corrected chi connectivity index (χ0v) is 13.0. The zero-order valence-electron chi connectivity index (χ0n) is 13.0. The van der Waals surface area contributed by atoms with Gasteiger partial charge in [-0.3, -0.25) is 9.59 Å². The number of hydrogen-bond donors (Lipinski definition) is 0. The topological polar surface area (TPSA) is 37.4 Å². The Hall–Kier alpha value is -2.49. The Kier molecular flexibility index (Phi) is 4.24. The van der Waals surface area contributed by atoms with Crippen molar-refractivity contribution in [3.8, 4) is 0 Å². The molecule has 0 atom stereocenters. The summed E-state index contributed by atoms with van der Waals surface area (Å²) < 4.78 is 13.6. The van der Waals surface area contributed by atoms with Crippen molar-refractivity contribution in [1.82, 2.24) is 0 Å². The van der Waals surface area contributed by atoms with Crippen molar-refractivity contribution in [2.24, 2.45) is 0 Å². The smallest absolute Gasteiger partial charge is 0.227 e. The predicted molar refractivity (Wildman–Crippen MR) is 87.2 cm³/mol. The van der Waals surface area contributed by atoms with Gasteiger partial charge in [-0.15, -0.1) is 0 Å². The number of Topliss-reactive ketones (excluding diaryl/α,β-unsaturated/α-hetero) is 1. The highest BCUT2D eigenvalue weighted by atomic mass is 19.1. The lowest BCUT2D eigenvalue weighted by Gasteiger charge is -2.17. The summed E-state index contributed by atoms with van der Waals surface area (Å²) in [6.07, 6.45) is 1.42. The van der Waals surface area contributed by atoms with Gasteiger partial charge in [-0.2, -0.15) is 0 Å². The van der Waals surface area contributed by atoms with Crippen LogP contribution in [0.2, 0.25) is 0 Å². The Morgan fingerprint density at radius 3 is 2.70 bits per heavy atom. The van der Waals surface area contributed by atoms with Gasteiger partial charge in [-0.25, -0.2) is 4.39 Å². The highest BCUT2D eigenvalue weighted by Crippen LogP contribution is 2.29. The van der Waals surface area contributed by atoms with E-state index in [1.807, 2.05) is 12.1 Å². The Morgan fingerprint density at radius 2 is 1.96 bits per heavy atom. The molecule has 0 saturated carbocycles. The Bertz CT molecular complexity index is 770. The van der Waals surface area contributed by atoms with Crippen molar-refractivity contribution in [1.29, 1.82) is 0 Å². The summed E-state index contributed by atoms with van der Waals surface area (Å²) in [4.78, 5) is 25.6. The second-order valence-electron chi connectivity index (χ2n) is 5.79. The first-order valence-corrected chi connectivity index (χ1v) is 7.74. The van der Waals surface area contributed by atoms with Crippen LogP contribution in [0.15, 0.2) is 42.5 Å². The van der Waals surface area contributed by atoms with Crippen molar-refractivity contribution in [3.05, 3.63) is 65.0 Å². The Labute approximate surface area is 134 Å². The maximum absolute atomic E-state index is 13.6. The van der Waals surface area contributed by atoms with Gasteiger partial charge < -0.3 is 4.90 Å². The number of fused-ring (bicyclic) bond motifs is 1. The average Bonchev–Trinajstić information content (AvgIpc) is 2.97. The monoisotopic (exact) mass is 311 g/mol. The SMILES string of the molecule is CC(=O)c1ccc2c(c1)CCN2C(=O)CCc1ccccc1F. The molecule has 0 spiro atoms. The van der Waals surface area contributed by atoms with Crippen molar-refractivity contribution in [3.63, 3.8) is 0 Å². The van der Waals surface area contributed by atoms with E-state index < -0.39 is 0 Å². The van der Waals surface area contributed by atoms with Crippen LogP contribution in [-0.4, -0.2) is 18.2 Å². The molecule has 3 rings (SSSR count). The van der Waals surface area contributed by atoms with Crippen LogP contribution in [0, 0.1) is 5.82 Å². The highest BCUT2D eigenvalue weighted by molar-refractivity contribution is 5.98. The number of carbonyl (C=O) groups is 2. The van der Waals surface area contributed by atoms with Crippen molar-refractivity contribution in [2.45, 2.75) is 26.2 Å². The van der Waals surface area contributed by atoms with Crippen molar-refractivity contribution < 1.29 is 14.0 Å². The molecule has 0 bridgehead atoms. The third-order valence-electron chi connectivity index (χ3n) is 4.25. The number of hydrogen-bond acceptors (Lipinski definition) is 2. The van der Waals surface area contributed by atoms with Gasteiger partial charge in [0.1, 0.15) is 5.82 Å². The molecule has 4 heteroatoms. The van der Waals surface area contributed by atoms with Crippen LogP contribution in [0.3, 0.4) is 0 Å². The molecule has 1 aliphatic heterocycles. The summed E-state index contributed by atoms with van der Waals surface area (Å²) in [6, 6.07) is 12.0. The average molecular weight is 311 g/mol. The fourth-order valence-electron chi connectivity index (χ4n) is 2.96. The van der Waals surface area contributed by atoms with Crippen LogP contribution in [0.25, 0.3) is 0 Å². The molecule has 0 radical (unpaired) electrons. The molecular formula is C19H18FNO2. The number of anilines is 1. The van der Waals surface area contributed by atoms with E-state index in [1.54, 1.807) is 29.2 Å². The van der Waals surface area contributed by atoms with Crippen molar-refractivity contribution in [2.75, 3.05) is 11.4 Å². The van der Waals surface area contributed by atoms with E-state index in [-0.39, 0.29) is 23.9 Å². The molecule has 23 heavy (non-hydrogen) atoms. The fourth-order valence-corrected chi connectivity index (χ4v) is 2.96. The molecule has 1 aliphatic rings. The standard InChI is InChI=1S/C19H18FNO2/c1-13(22)15-6-8-18-16(12-15)10-11-21(18)19(23)9-7-14-4-2-3-5-17(14)20/h2-6,8,12H,7,9-11H2,1H3. The molecule has 1 amide bonds. The highest BCUT2D eigenvalue weighted by Gasteiger charge is 2.25. The largest absolute Gasteiger partial charge is 0.312 e. The van der Waals surface area contributed by atoms with Crippen LogP contribution in [-0.2, 0) is 17.6 Å². The van der Waals surface area contributed by atoms with Gasteiger partial charge in [-0.1, -0.05) is 18.2 Å². The summed E-state index contributed by atoms with van der Waals surface area (Å²) in [5, 5.41) is 0. The third kappa shape index (κ3) is 3.16. The van der Waals surface area contributed by atoms with E-state index in [2.05, 4.69) is 0 Å². The minimum atomic E-state index is -0.270. The fraction of sp³-hybridized carbons (Fsp3) is 0.263. The van der Waals surface area contributed by atoms with Gasteiger partial charge in [-0.05, 0) is 55.2 Å². The first-order valence-electron chi connectivity index (χ1n) is 7.74. The van der Waals surface area contributed by atoms with Crippen LogP contribution in [0.4, 0.5) is 10.1 Å². The molecule has 0 aromatic heterocycles. The van der Waals surface area contributed by atoms with Crippen molar-refractivity contribution >= 4 is 17.4 Å². The minimum absolute atomic E-state index is 0.0115. The Balaban J connectivity index is 1.71. The number of benzene rings is 2. The maximum atomic E-state index is 13.6. The second-order valence-corrected chi connectivity index (χ2v) is 5.79. The molecular weight excluding hydrogens is 293 g/mol. The van der Waals surface area contributed by atoms with Gasteiger partial charge in [0.05, 0.1) is 0 Å². The lowest BCUT2D eigenvalue weighted by molar-refractivity contribution is -0.118. The van der Waals surface area contributed by atoms with Gasteiger partial charge in [0, 0.05) is 24.2 Å². The van der Waals surface area contributed by atoms with Gasteiger partial charge in [0.15, 0.2) is 5.78 Å². The summed E-state index contributed by atoms with van der Waals surface area (Å²) >= 11 is 0. The first-order chi connectivity index (χ1) is 11.1. The van der Waals surface area contributed by atoms with E-state index >= 15 is 0 Å². The number of carbonyl (C=O) groups excluding carboxylic acids is 2. The Morgan fingerprint density at radius 1 is 1.17 bits per heavy atom. The van der Waals surface area contributed by atoms with E-state index in [1.165, 1.54) is 13.0 Å². The molecule has 0 aliphatic carbocycles. The van der Waals surface area contributed by atoms with E-state index in [0.717, 1.165) is 17.7 Å². The number of rotatable bonds is 4. The lowest BCUT2D eigenvalue weighted by Crippen LogP contribution is -2.29. The molecule has 0 fully saturated rings. The molecule has 3 nitrogen and oxygen atoms in total. The predicted octanol–water partition coefficient (Wildman–Crippen LogP) is 3.55. The number of aryl methyl sites for hydroxylation is 1.